The molecule has 3 atom stereocenters. The van der Waals surface area contributed by atoms with E-state index in [1.54, 1.807) is 0 Å². The monoisotopic (exact) mass is 975 g/mol. The van der Waals surface area contributed by atoms with Crippen LogP contribution in [0.15, 0.2) is 42.5 Å². The van der Waals surface area contributed by atoms with Crippen LogP contribution >= 0.6 is 11.6 Å². The molecule has 3 aliphatic carbocycles. The number of nitrogens with one attached hydrogen (secondary N) is 2. The lowest BCUT2D eigenvalue weighted by molar-refractivity contribution is -0.141. The summed E-state index contributed by atoms with van der Waals surface area (Å²) in [6.07, 6.45) is -7.28. The number of nitrogens with zero attached hydrogens (tertiary/aromatic N) is 5. The van der Waals surface area contributed by atoms with Crippen molar-refractivity contribution in [2.45, 2.75) is 93.1 Å². The Labute approximate surface area is 369 Å². The van der Waals surface area contributed by atoms with Gasteiger partial charge in [0.2, 0.25) is 15.9 Å². The molecule has 0 radical (unpaired) electrons. The third-order valence-electron chi connectivity index (χ3n) is 11.3. The van der Waals surface area contributed by atoms with Crippen LogP contribution in [0.4, 0.5) is 45.3 Å². The lowest BCUT2D eigenvalue weighted by Crippen LogP contribution is -2.35. The van der Waals surface area contributed by atoms with Crippen molar-refractivity contribution in [3.05, 3.63) is 93.0 Å². The maximum Gasteiger partial charge on any atom is 0.408 e. The number of amides is 1. The molecule has 12 nitrogen and oxygen atoms in total. The van der Waals surface area contributed by atoms with Gasteiger partial charge in [-0.05, 0) is 87.3 Å². The highest BCUT2D eigenvalue weighted by molar-refractivity contribution is 7.93. The number of benzene rings is 2. The first-order chi connectivity index (χ1) is 30.1. The van der Waals surface area contributed by atoms with Gasteiger partial charge in [-0.3, -0.25) is 18.9 Å². The van der Waals surface area contributed by atoms with E-state index in [0.29, 0.717) is 28.3 Å². The van der Waals surface area contributed by atoms with Crippen molar-refractivity contribution < 1.29 is 61.1 Å². The fourth-order valence-electron chi connectivity index (χ4n) is 8.28. The topological polar surface area (TPSA) is 158 Å². The molecule has 24 heteroatoms. The summed E-state index contributed by atoms with van der Waals surface area (Å²) in [4.78, 5) is 18.7. The molecule has 346 valence electrons. The zero-order valence-corrected chi connectivity index (χ0v) is 36.4. The van der Waals surface area contributed by atoms with Gasteiger partial charge in [-0.15, -0.1) is 0 Å². The standard InChI is InChI=1S/C41H35ClF9N7O5S2/c1-39(2,65(62,63)23-5-6-23)11-10-22-4-7-24(25-8-9-28(42)32-35(25)58(18-40(47,48)49)55-38(32)56-64(3,60)61)33(52-22)29(14-19-12-20(43)15-21(44)13-19)53-30(59)17-57-36-31(34(54-57)37(45)46)26-16-27(26)41(36,50)51/h4,7-9,12-13,15,23,26-27,29,37H,5-6,14,16-18H2,1-3H3,(H,53,59)(H,55,56)/t26-,27?,29-/m0/s1. The van der Waals surface area contributed by atoms with Crippen LogP contribution in [0, 0.1) is 29.4 Å². The van der Waals surface area contributed by atoms with E-state index in [2.05, 4.69) is 37.1 Å². The minimum absolute atomic E-state index is 0.0626. The van der Waals surface area contributed by atoms with E-state index >= 15 is 8.78 Å². The number of alkyl halides is 7. The Balaban J connectivity index is 1.32. The number of hydrogen-bond acceptors (Lipinski definition) is 8. The molecular formula is C41H35ClF9N7O5S2. The summed E-state index contributed by atoms with van der Waals surface area (Å²) in [5.74, 6) is -4.28. The molecule has 8 rings (SSSR count). The summed E-state index contributed by atoms with van der Waals surface area (Å²) in [5.41, 5.74) is -3.47. The van der Waals surface area contributed by atoms with E-state index in [9.17, 15) is 52.4 Å². The summed E-state index contributed by atoms with van der Waals surface area (Å²) in [5, 5.41) is 8.93. The predicted octanol–water partition coefficient (Wildman–Crippen LogP) is 8.11. The molecule has 3 aromatic heterocycles. The molecule has 1 amide bonds. The number of aromatic nitrogens is 5. The number of sulfonamides is 1. The summed E-state index contributed by atoms with van der Waals surface area (Å²) in [6.45, 7) is -0.123. The van der Waals surface area contributed by atoms with Crippen molar-refractivity contribution in [3.8, 4) is 23.0 Å². The number of halogens is 10. The van der Waals surface area contributed by atoms with Crippen LogP contribution in [0.1, 0.15) is 85.4 Å². The van der Waals surface area contributed by atoms with Gasteiger partial charge < -0.3 is 5.32 Å². The average Bonchev–Trinajstić information content (AvgIpc) is 4.10. The van der Waals surface area contributed by atoms with Crippen LogP contribution in [-0.4, -0.2) is 69.7 Å². The van der Waals surface area contributed by atoms with E-state index in [0.717, 1.165) is 18.4 Å². The van der Waals surface area contributed by atoms with Crippen molar-refractivity contribution in [2.75, 3.05) is 11.0 Å². The SMILES string of the molecule is CC(C)(C#Cc1ccc(-c2ccc(Cl)c3c(NS(C)(=O)=O)nn(CC(F)(F)F)c23)c([C@H](Cc2cc(F)cc(F)c2)NC(=O)Cn2nc(C(F)F)c3c2C(F)(F)C2C[C@H]32)n1)S(=O)(=O)C1CC1. The molecule has 0 bridgehead atoms. The van der Waals surface area contributed by atoms with Crippen molar-refractivity contribution in [2.24, 2.45) is 5.92 Å². The number of pyridine rings is 1. The maximum absolute atomic E-state index is 15.5. The minimum atomic E-state index is -4.96. The molecule has 65 heavy (non-hydrogen) atoms. The van der Waals surface area contributed by atoms with Crippen molar-refractivity contribution in [1.82, 2.24) is 29.9 Å². The molecule has 0 aliphatic heterocycles. The van der Waals surface area contributed by atoms with Gasteiger partial charge in [0.05, 0.1) is 39.2 Å². The van der Waals surface area contributed by atoms with Gasteiger partial charge in [-0.2, -0.15) is 32.1 Å². The lowest BCUT2D eigenvalue weighted by atomic mass is 9.93. The molecular weight excluding hydrogens is 941 g/mol. The van der Waals surface area contributed by atoms with Crippen LogP contribution in [0.2, 0.25) is 5.02 Å². The Morgan fingerprint density at radius 1 is 0.969 bits per heavy atom. The highest BCUT2D eigenvalue weighted by atomic mass is 35.5. The largest absolute Gasteiger partial charge is 0.408 e. The highest BCUT2D eigenvalue weighted by Gasteiger charge is 2.67. The summed E-state index contributed by atoms with van der Waals surface area (Å²) in [6, 6.07) is 5.68. The van der Waals surface area contributed by atoms with Crippen LogP contribution in [0.5, 0.6) is 0 Å². The van der Waals surface area contributed by atoms with Gasteiger partial charge in [0.25, 0.3) is 12.3 Å². The van der Waals surface area contributed by atoms with Crippen molar-refractivity contribution >= 4 is 54.1 Å². The summed E-state index contributed by atoms with van der Waals surface area (Å²) < 4.78 is 184. The van der Waals surface area contributed by atoms with Gasteiger partial charge in [0.15, 0.2) is 15.7 Å². The number of fused-ring (bicyclic) bond motifs is 4. The molecule has 1 unspecified atom stereocenters. The van der Waals surface area contributed by atoms with E-state index in [1.807, 2.05) is 0 Å². The Hall–Kier alpha value is -5.34. The predicted molar refractivity (Wildman–Crippen MR) is 218 cm³/mol. The Morgan fingerprint density at radius 3 is 2.25 bits per heavy atom. The third kappa shape index (κ3) is 9.00. The van der Waals surface area contributed by atoms with E-state index < -0.39 is 126 Å². The second-order valence-electron chi connectivity index (χ2n) is 16.7. The Kier molecular flexibility index (Phi) is 11.3. The lowest BCUT2D eigenvalue weighted by Gasteiger charge is -2.23. The minimum Gasteiger partial charge on any atom is -0.346 e. The normalized spacial score (nSPS) is 18.6. The maximum atomic E-state index is 15.5. The van der Waals surface area contributed by atoms with Crippen LogP contribution in [-0.2, 0) is 50.1 Å². The van der Waals surface area contributed by atoms with Gasteiger partial charge in [-0.25, -0.2) is 39.4 Å². The first kappa shape index (κ1) is 46.2. The van der Waals surface area contributed by atoms with Crippen LogP contribution in [0.25, 0.3) is 22.0 Å². The molecule has 2 N–H and O–H groups in total. The molecule has 2 fully saturated rings. The van der Waals surface area contributed by atoms with Crippen molar-refractivity contribution in [1.29, 1.82) is 0 Å². The fourth-order valence-corrected chi connectivity index (χ4v) is 10.8. The summed E-state index contributed by atoms with van der Waals surface area (Å²) in [7, 11) is -7.97. The number of rotatable bonds is 13. The smallest absolute Gasteiger partial charge is 0.346 e. The number of hydrogen-bond donors (Lipinski definition) is 2. The van der Waals surface area contributed by atoms with Gasteiger partial charge >= 0.3 is 6.18 Å². The third-order valence-corrected chi connectivity index (χ3v) is 15.1. The van der Waals surface area contributed by atoms with E-state index in [-0.39, 0.29) is 50.5 Å². The molecule has 5 aromatic rings. The highest BCUT2D eigenvalue weighted by Crippen LogP contribution is 2.68. The van der Waals surface area contributed by atoms with Gasteiger partial charge in [-0.1, -0.05) is 23.6 Å². The number of carbonyl (C=O) groups is 1. The number of carbonyl (C=O) groups excluding carboxylic acids is 1. The quantitative estimate of drug-likeness (QED) is 0.0885. The average molecular weight is 976 g/mol. The number of sulfone groups is 1. The second-order valence-corrected chi connectivity index (χ2v) is 21.7. The van der Waals surface area contributed by atoms with Crippen LogP contribution < -0.4 is 10.0 Å². The van der Waals surface area contributed by atoms with Crippen LogP contribution in [0.3, 0.4) is 0 Å². The number of anilines is 1. The van der Waals surface area contributed by atoms with Crippen molar-refractivity contribution in [3.63, 3.8) is 0 Å². The molecule has 3 heterocycles. The summed E-state index contributed by atoms with van der Waals surface area (Å²) >= 11 is 6.50. The molecule has 2 saturated carbocycles. The zero-order chi connectivity index (χ0) is 47.3. The first-order valence-electron chi connectivity index (χ1n) is 19.7. The fraction of sp³-hybridized carbons (Fsp3) is 0.415. The van der Waals surface area contributed by atoms with E-state index in [1.165, 1.54) is 38.1 Å². The Morgan fingerprint density at radius 2 is 1.63 bits per heavy atom. The van der Waals surface area contributed by atoms with Gasteiger partial charge in [0.1, 0.15) is 46.6 Å². The molecule has 3 aliphatic rings. The molecule has 0 saturated heterocycles. The zero-order valence-electron chi connectivity index (χ0n) is 34.0. The Bertz CT molecular complexity index is 3070. The molecule has 2 aromatic carbocycles. The molecule has 0 spiro atoms. The van der Waals surface area contributed by atoms with Gasteiger partial charge in [0, 0.05) is 28.7 Å². The first-order valence-corrected chi connectivity index (χ1v) is 23.5. The second kappa shape index (κ2) is 15.9. The van der Waals surface area contributed by atoms with E-state index in [4.69, 9.17) is 11.6 Å².